The topological polar surface area (TPSA) is 87.9 Å². The lowest BCUT2D eigenvalue weighted by Crippen LogP contribution is -2.09. The van der Waals surface area contributed by atoms with E-state index in [1.165, 1.54) is 19.2 Å². The highest BCUT2D eigenvalue weighted by atomic mass is 16.7. The molecule has 7 heteroatoms. The molecule has 0 aliphatic carbocycles. The van der Waals surface area contributed by atoms with Gasteiger partial charge in [-0.2, -0.15) is 0 Å². The lowest BCUT2D eigenvalue weighted by Gasteiger charge is -2.09. The van der Waals surface area contributed by atoms with Crippen molar-refractivity contribution in [2.75, 3.05) is 20.5 Å². The highest BCUT2D eigenvalue weighted by Crippen LogP contribution is 2.25. The predicted molar refractivity (Wildman–Crippen MR) is 61.6 cm³/mol. The van der Waals surface area contributed by atoms with Crippen LogP contribution in [0, 0.1) is 10.1 Å². The maximum atomic E-state index is 11.6. The third kappa shape index (κ3) is 3.42. The largest absolute Gasteiger partial charge is 0.467 e. The Morgan fingerprint density at radius 3 is 2.72 bits per heavy atom. The fourth-order valence-corrected chi connectivity index (χ4v) is 1.25. The molecule has 98 valence electrons. The van der Waals surface area contributed by atoms with E-state index in [2.05, 4.69) is 0 Å². The highest BCUT2D eigenvalue weighted by molar-refractivity contribution is 5.93. The molecule has 0 spiro atoms. The van der Waals surface area contributed by atoms with E-state index in [0.717, 1.165) is 6.07 Å². The number of nitro groups is 1. The molecule has 0 saturated heterocycles. The molecule has 1 aromatic rings. The van der Waals surface area contributed by atoms with Crippen LogP contribution in [-0.4, -0.2) is 31.4 Å². The summed E-state index contributed by atoms with van der Waals surface area (Å²) in [6, 6.07) is 3.69. The summed E-state index contributed by atoms with van der Waals surface area (Å²) in [5, 5.41) is 10.6. The molecule has 0 N–H and O–H groups in total. The first-order valence-electron chi connectivity index (χ1n) is 5.17. The first-order valence-corrected chi connectivity index (χ1v) is 5.17. The van der Waals surface area contributed by atoms with Crippen molar-refractivity contribution in [2.24, 2.45) is 0 Å². The van der Waals surface area contributed by atoms with E-state index in [0.29, 0.717) is 0 Å². The zero-order chi connectivity index (χ0) is 13.5. The Labute approximate surface area is 103 Å². The molecule has 0 unspecified atom stereocenters. The van der Waals surface area contributed by atoms with E-state index in [9.17, 15) is 14.9 Å². The summed E-state index contributed by atoms with van der Waals surface area (Å²) in [6.07, 6.45) is 0. The summed E-state index contributed by atoms with van der Waals surface area (Å²) in [5.41, 5.74) is -0.203. The number of hydrogen-bond acceptors (Lipinski definition) is 6. The van der Waals surface area contributed by atoms with Crippen LogP contribution in [0.15, 0.2) is 18.2 Å². The molecular weight excluding hydrogens is 242 g/mol. The third-order valence-electron chi connectivity index (χ3n) is 2.00. The van der Waals surface area contributed by atoms with Crippen LogP contribution < -0.4 is 4.74 Å². The van der Waals surface area contributed by atoms with Gasteiger partial charge in [0.25, 0.3) is 5.69 Å². The lowest BCUT2D eigenvalue weighted by molar-refractivity contribution is -0.384. The Morgan fingerprint density at radius 1 is 1.44 bits per heavy atom. The summed E-state index contributed by atoms with van der Waals surface area (Å²) in [5.74, 6) is -0.492. The van der Waals surface area contributed by atoms with Crippen molar-refractivity contribution in [1.82, 2.24) is 0 Å². The number of carbonyl (C=O) groups excluding carboxylic acids is 1. The molecule has 0 aromatic heterocycles. The Balaban J connectivity index is 3.09. The van der Waals surface area contributed by atoms with Gasteiger partial charge in [-0.25, -0.2) is 4.79 Å². The monoisotopic (exact) mass is 255 g/mol. The molecule has 0 aliphatic rings. The minimum atomic E-state index is -0.674. The Kier molecular flexibility index (Phi) is 5.06. The predicted octanol–water partition coefficient (Wildman–Crippen LogP) is 1.75. The molecule has 0 saturated carbocycles. The van der Waals surface area contributed by atoms with Gasteiger partial charge in [0.1, 0.15) is 11.3 Å². The first kappa shape index (κ1) is 13.9. The van der Waals surface area contributed by atoms with Gasteiger partial charge in [-0.15, -0.1) is 0 Å². The molecule has 0 heterocycles. The van der Waals surface area contributed by atoms with Crippen LogP contribution in [0.2, 0.25) is 0 Å². The number of nitrogens with zero attached hydrogens (tertiary/aromatic N) is 1. The Bertz CT molecular complexity index is 445. The smallest absolute Gasteiger partial charge is 0.342 e. The zero-order valence-electron chi connectivity index (χ0n) is 10.0. The number of non-ortho nitro benzene ring substituents is 1. The fraction of sp³-hybridized carbons (Fsp3) is 0.364. The van der Waals surface area contributed by atoms with E-state index in [4.69, 9.17) is 14.2 Å². The molecule has 0 amide bonds. The maximum Gasteiger partial charge on any atom is 0.342 e. The standard InChI is InChI=1S/C11H13NO6/c1-3-17-11(13)9-6-8(12(14)15)4-5-10(9)18-7-16-2/h4-6H,3,7H2,1-2H3. The molecule has 0 bridgehead atoms. The summed E-state index contributed by atoms with van der Waals surface area (Å²) in [4.78, 5) is 21.7. The average Bonchev–Trinajstić information content (AvgIpc) is 2.36. The zero-order valence-corrected chi connectivity index (χ0v) is 10.0. The number of benzene rings is 1. The molecule has 0 fully saturated rings. The molecule has 1 aromatic carbocycles. The summed E-state index contributed by atoms with van der Waals surface area (Å²) in [6.45, 7) is 1.75. The average molecular weight is 255 g/mol. The number of hydrogen-bond donors (Lipinski definition) is 0. The second-order valence-electron chi connectivity index (χ2n) is 3.21. The van der Waals surface area contributed by atoms with Gasteiger partial charge in [0.15, 0.2) is 6.79 Å². The van der Waals surface area contributed by atoms with E-state index in [1.807, 2.05) is 0 Å². The Hall–Kier alpha value is -2.15. The van der Waals surface area contributed by atoms with Crippen molar-refractivity contribution in [2.45, 2.75) is 6.92 Å². The fourth-order valence-electron chi connectivity index (χ4n) is 1.25. The third-order valence-corrected chi connectivity index (χ3v) is 2.00. The second-order valence-corrected chi connectivity index (χ2v) is 3.21. The molecule has 1 rings (SSSR count). The van der Waals surface area contributed by atoms with Crippen LogP contribution in [0.5, 0.6) is 5.75 Å². The van der Waals surface area contributed by atoms with Gasteiger partial charge >= 0.3 is 5.97 Å². The normalized spacial score (nSPS) is 9.89. The van der Waals surface area contributed by atoms with Crippen molar-refractivity contribution in [1.29, 1.82) is 0 Å². The molecule has 0 radical (unpaired) electrons. The summed E-state index contributed by atoms with van der Waals surface area (Å²) >= 11 is 0. The summed E-state index contributed by atoms with van der Waals surface area (Å²) in [7, 11) is 1.43. The highest BCUT2D eigenvalue weighted by Gasteiger charge is 2.18. The number of methoxy groups -OCH3 is 1. The van der Waals surface area contributed by atoms with Crippen LogP contribution in [0.25, 0.3) is 0 Å². The lowest BCUT2D eigenvalue weighted by atomic mass is 10.2. The minimum absolute atomic E-state index is 0.00287. The minimum Gasteiger partial charge on any atom is -0.467 e. The number of carbonyl (C=O) groups is 1. The van der Waals surface area contributed by atoms with Crippen molar-refractivity contribution in [3.8, 4) is 5.75 Å². The molecule has 0 atom stereocenters. The van der Waals surface area contributed by atoms with E-state index < -0.39 is 10.9 Å². The number of nitro benzene ring substituents is 1. The van der Waals surface area contributed by atoms with Crippen LogP contribution in [0.1, 0.15) is 17.3 Å². The number of rotatable bonds is 6. The van der Waals surface area contributed by atoms with Gasteiger partial charge in [0, 0.05) is 19.2 Å². The second kappa shape index (κ2) is 6.55. The van der Waals surface area contributed by atoms with Gasteiger partial charge in [-0.1, -0.05) is 0 Å². The Morgan fingerprint density at radius 2 is 2.17 bits per heavy atom. The van der Waals surface area contributed by atoms with Crippen molar-refractivity contribution >= 4 is 11.7 Å². The van der Waals surface area contributed by atoms with Crippen molar-refractivity contribution < 1.29 is 23.9 Å². The summed E-state index contributed by atoms with van der Waals surface area (Å²) < 4.78 is 14.7. The molecule has 0 aliphatic heterocycles. The number of ether oxygens (including phenoxy) is 3. The van der Waals surface area contributed by atoms with E-state index in [1.54, 1.807) is 6.92 Å². The van der Waals surface area contributed by atoms with Gasteiger partial charge < -0.3 is 14.2 Å². The van der Waals surface area contributed by atoms with Gasteiger partial charge in [0.05, 0.1) is 11.5 Å². The van der Waals surface area contributed by atoms with Gasteiger partial charge in [-0.3, -0.25) is 10.1 Å². The van der Waals surface area contributed by atoms with Crippen LogP contribution in [0.3, 0.4) is 0 Å². The van der Waals surface area contributed by atoms with Crippen molar-refractivity contribution in [3.63, 3.8) is 0 Å². The van der Waals surface area contributed by atoms with Crippen LogP contribution in [0.4, 0.5) is 5.69 Å². The maximum absolute atomic E-state index is 11.6. The SMILES string of the molecule is CCOC(=O)c1cc([N+](=O)[O-])ccc1OCOC. The molecule has 7 nitrogen and oxygen atoms in total. The number of esters is 1. The van der Waals surface area contributed by atoms with Crippen molar-refractivity contribution in [3.05, 3.63) is 33.9 Å². The first-order chi connectivity index (χ1) is 8.60. The van der Waals surface area contributed by atoms with E-state index in [-0.39, 0.29) is 30.4 Å². The van der Waals surface area contributed by atoms with E-state index >= 15 is 0 Å². The van der Waals surface area contributed by atoms with Crippen LogP contribution in [-0.2, 0) is 9.47 Å². The molecular formula is C11H13NO6. The van der Waals surface area contributed by atoms with Gasteiger partial charge in [-0.05, 0) is 13.0 Å². The molecule has 18 heavy (non-hydrogen) atoms. The quantitative estimate of drug-likeness (QED) is 0.333. The van der Waals surface area contributed by atoms with Gasteiger partial charge in [0.2, 0.25) is 0 Å². The van der Waals surface area contributed by atoms with Crippen LogP contribution >= 0.6 is 0 Å².